The summed E-state index contributed by atoms with van der Waals surface area (Å²) in [5.74, 6) is 0.728. The Morgan fingerprint density at radius 2 is 1.65 bits per heavy atom. The third-order valence-corrected chi connectivity index (χ3v) is 4.65. The Kier molecular flexibility index (Phi) is 3.88. The molecule has 0 radical (unpaired) electrons. The van der Waals surface area contributed by atoms with E-state index in [9.17, 15) is 0 Å². The molecule has 1 nitrogen and oxygen atoms in total. The summed E-state index contributed by atoms with van der Waals surface area (Å²) < 4.78 is 0. The van der Waals surface area contributed by atoms with Gasteiger partial charge in [-0.2, -0.15) is 0 Å². The Hall–Kier alpha value is -1.60. The van der Waals surface area contributed by atoms with Crippen LogP contribution in [0.4, 0.5) is 0 Å². The summed E-state index contributed by atoms with van der Waals surface area (Å²) in [6.07, 6.45) is 5.04. The molecule has 1 aliphatic rings. The zero-order valence-electron chi connectivity index (χ0n) is 12.2. The fourth-order valence-corrected chi connectivity index (χ4v) is 3.21. The van der Waals surface area contributed by atoms with Crippen LogP contribution < -0.4 is 5.73 Å². The van der Waals surface area contributed by atoms with Gasteiger partial charge in [-0.15, -0.1) is 0 Å². The van der Waals surface area contributed by atoms with Gasteiger partial charge in [0.2, 0.25) is 0 Å². The predicted octanol–water partition coefficient (Wildman–Crippen LogP) is 4.56. The number of rotatable bonds is 4. The van der Waals surface area contributed by atoms with Gasteiger partial charge in [0.15, 0.2) is 0 Å². The number of hydrogen-bond acceptors (Lipinski definition) is 1. The minimum atomic E-state index is 0.00273. The molecule has 1 aliphatic carbocycles. The summed E-state index contributed by atoms with van der Waals surface area (Å²) in [6.45, 7) is 2.20. The van der Waals surface area contributed by atoms with Crippen LogP contribution in [0.1, 0.15) is 60.4 Å². The molecule has 3 rings (SSSR count). The molecule has 0 spiro atoms. The van der Waals surface area contributed by atoms with Gasteiger partial charge in [0.1, 0.15) is 0 Å². The minimum absolute atomic E-state index is 0.00273. The van der Waals surface area contributed by atoms with Gasteiger partial charge in [-0.3, -0.25) is 0 Å². The molecule has 2 aromatic rings. The van der Waals surface area contributed by atoms with Crippen molar-refractivity contribution >= 4 is 0 Å². The van der Waals surface area contributed by atoms with Crippen molar-refractivity contribution in [3.05, 3.63) is 70.8 Å². The largest absolute Gasteiger partial charge is 0.320 e. The molecule has 1 unspecified atom stereocenters. The van der Waals surface area contributed by atoms with Crippen LogP contribution in [-0.4, -0.2) is 0 Å². The Balaban J connectivity index is 1.99. The van der Waals surface area contributed by atoms with Gasteiger partial charge in [0, 0.05) is 0 Å². The van der Waals surface area contributed by atoms with Crippen molar-refractivity contribution in [3.8, 4) is 0 Å². The SMILES string of the molecule is CCc1ccccc1C(N)c1ccccc1C1CCC1. The van der Waals surface area contributed by atoms with E-state index in [1.165, 1.54) is 41.5 Å². The second-order valence-corrected chi connectivity index (χ2v) is 5.79. The molecule has 1 fully saturated rings. The molecule has 0 heterocycles. The van der Waals surface area contributed by atoms with Crippen LogP contribution in [0.5, 0.6) is 0 Å². The monoisotopic (exact) mass is 265 g/mol. The average Bonchev–Trinajstić information content (AvgIpc) is 2.45. The van der Waals surface area contributed by atoms with E-state index in [0.717, 1.165) is 12.3 Å². The van der Waals surface area contributed by atoms with Crippen LogP contribution in [-0.2, 0) is 6.42 Å². The van der Waals surface area contributed by atoms with Crippen LogP contribution in [0, 0.1) is 0 Å². The number of nitrogens with two attached hydrogens (primary N) is 1. The Labute approximate surface area is 121 Å². The summed E-state index contributed by atoms with van der Waals surface area (Å²) >= 11 is 0. The molecule has 0 aliphatic heterocycles. The summed E-state index contributed by atoms with van der Waals surface area (Å²) in [5, 5.41) is 0. The molecular weight excluding hydrogens is 242 g/mol. The number of hydrogen-bond donors (Lipinski definition) is 1. The van der Waals surface area contributed by atoms with Crippen molar-refractivity contribution in [3.63, 3.8) is 0 Å². The number of aryl methyl sites for hydroxylation is 1. The second-order valence-electron chi connectivity index (χ2n) is 5.79. The average molecular weight is 265 g/mol. The molecule has 20 heavy (non-hydrogen) atoms. The molecule has 1 heteroatoms. The van der Waals surface area contributed by atoms with Crippen LogP contribution in [0.15, 0.2) is 48.5 Å². The molecule has 1 atom stereocenters. The van der Waals surface area contributed by atoms with E-state index in [4.69, 9.17) is 5.73 Å². The molecule has 0 aromatic heterocycles. The lowest BCUT2D eigenvalue weighted by Gasteiger charge is -2.30. The molecule has 104 valence electrons. The first kappa shape index (κ1) is 13.4. The maximum Gasteiger partial charge on any atom is 0.0557 e. The van der Waals surface area contributed by atoms with Gasteiger partial charge in [-0.1, -0.05) is 61.9 Å². The van der Waals surface area contributed by atoms with Gasteiger partial charge < -0.3 is 5.73 Å². The second kappa shape index (κ2) is 5.80. The van der Waals surface area contributed by atoms with Crippen molar-refractivity contribution in [2.75, 3.05) is 0 Å². The third-order valence-electron chi connectivity index (χ3n) is 4.65. The van der Waals surface area contributed by atoms with Gasteiger partial charge >= 0.3 is 0 Å². The maximum atomic E-state index is 6.61. The first-order valence-corrected chi connectivity index (χ1v) is 7.73. The summed E-state index contributed by atoms with van der Waals surface area (Å²) in [7, 11) is 0. The van der Waals surface area contributed by atoms with E-state index in [-0.39, 0.29) is 6.04 Å². The lowest BCUT2D eigenvalue weighted by atomic mass is 9.76. The molecule has 1 saturated carbocycles. The van der Waals surface area contributed by atoms with Crippen LogP contribution in [0.25, 0.3) is 0 Å². The van der Waals surface area contributed by atoms with Gasteiger partial charge in [0.05, 0.1) is 6.04 Å². The maximum absolute atomic E-state index is 6.61. The smallest absolute Gasteiger partial charge is 0.0557 e. The van der Waals surface area contributed by atoms with Crippen molar-refractivity contribution in [1.82, 2.24) is 0 Å². The van der Waals surface area contributed by atoms with Gasteiger partial charge in [0.25, 0.3) is 0 Å². The molecule has 0 saturated heterocycles. The minimum Gasteiger partial charge on any atom is -0.320 e. The normalized spacial score (nSPS) is 16.7. The predicted molar refractivity (Wildman–Crippen MR) is 84.9 cm³/mol. The summed E-state index contributed by atoms with van der Waals surface area (Å²) in [4.78, 5) is 0. The third kappa shape index (κ3) is 2.38. The first-order valence-electron chi connectivity index (χ1n) is 7.73. The lowest BCUT2D eigenvalue weighted by Crippen LogP contribution is -2.19. The Bertz CT molecular complexity index is 584. The summed E-state index contributed by atoms with van der Waals surface area (Å²) in [5.41, 5.74) is 12.0. The topological polar surface area (TPSA) is 26.0 Å². The highest BCUT2D eigenvalue weighted by molar-refractivity contribution is 5.42. The van der Waals surface area contributed by atoms with Crippen molar-refractivity contribution in [2.24, 2.45) is 5.73 Å². The van der Waals surface area contributed by atoms with Gasteiger partial charge in [-0.05, 0) is 47.4 Å². The molecule has 2 N–H and O–H groups in total. The summed E-state index contributed by atoms with van der Waals surface area (Å²) in [6, 6.07) is 17.3. The fraction of sp³-hybridized carbons (Fsp3) is 0.368. The highest BCUT2D eigenvalue weighted by atomic mass is 14.6. The number of benzene rings is 2. The first-order chi connectivity index (χ1) is 9.81. The van der Waals surface area contributed by atoms with E-state index in [1.54, 1.807) is 0 Å². The zero-order valence-corrected chi connectivity index (χ0v) is 12.2. The molecular formula is C19H23N. The van der Waals surface area contributed by atoms with Crippen LogP contribution >= 0.6 is 0 Å². The van der Waals surface area contributed by atoms with Gasteiger partial charge in [-0.25, -0.2) is 0 Å². The Morgan fingerprint density at radius 3 is 2.30 bits per heavy atom. The Morgan fingerprint density at radius 1 is 1.00 bits per heavy atom. The van der Waals surface area contributed by atoms with E-state index in [0.29, 0.717) is 0 Å². The van der Waals surface area contributed by atoms with Crippen molar-refractivity contribution < 1.29 is 0 Å². The quantitative estimate of drug-likeness (QED) is 0.861. The highest BCUT2D eigenvalue weighted by Gasteiger charge is 2.24. The van der Waals surface area contributed by atoms with Crippen LogP contribution in [0.3, 0.4) is 0 Å². The van der Waals surface area contributed by atoms with Crippen molar-refractivity contribution in [1.29, 1.82) is 0 Å². The fourth-order valence-electron chi connectivity index (χ4n) is 3.21. The van der Waals surface area contributed by atoms with E-state index in [2.05, 4.69) is 55.5 Å². The molecule has 2 aromatic carbocycles. The standard InChI is InChI=1S/C19H23N/c1-2-14-8-3-4-12-17(14)19(20)18-13-6-5-11-16(18)15-9-7-10-15/h3-6,8,11-13,15,19H,2,7,9-10,20H2,1H3. The van der Waals surface area contributed by atoms with E-state index < -0.39 is 0 Å². The molecule has 0 amide bonds. The molecule has 0 bridgehead atoms. The van der Waals surface area contributed by atoms with Crippen molar-refractivity contribution in [2.45, 2.75) is 44.6 Å². The van der Waals surface area contributed by atoms with Crippen LogP contribution in [0.2, 0.25) is 0 Å². The highest BCUT2D eigenvalue weighted by Crippen LogP contribution is 2.40. The van der Waals surface area contributed by atoms with E-state index >= 15 is 0 Å². The zero-order chi connectivity index (χ0) is 13.9. The lowest BCUT2D eigenvalue weighted by molar-refractivity contribution is 0.416. The van der Waals surface area contributed by atoms with E-state index in [1.807, 2.05) is 0 Å².